The zero-order valence-electron chi connectivity index (χ0n) is 9.76. The summed E-state index contributed by atoms with van der Waals surface area (Å²) in [6.07, 6.45) is 1.73. The van der Waals surface area contributed by atoms with Gasteiger partial charge in [-0.05, 0) is 36.4 Å². The number of aromatic hydroxyl groups is 1. The number of phenols is 1. The van der Waals surface area contributed by atoms with Crippen LogP contribution in [0.1, 0.15) is 15.9 Å². The number of carbonyl (C=O) groups is 1. The average Bonchev–Trinajstić information content (AvgIpc) is 2.72. The molecule has 0 aliphatic carbocycles. The maximum absolute atomic E-state index is 12.2. The Morgan fingerprint density at radius 1 is 1.16 bits per heavy atom. The number of carbonyl (C=O) groups excluding carboxylic acids is 1. The summed E-state index contributed by atoms with van der Waals surface area (Å²) in [6, 6.07) is 12.7. The van der Waals surface area contributed by atoms with Gasteiger partial charge in [-0.25, -0.2) is 0 Å². The van der Waals surface area contributed by atoms with Gasteiger partial charge in [-0.2, -0.15) is 0 Å². The van der Waals surface area contributed by atoms with Gasteiger partial charge in [0.05, 0.1) is 4.91 Å². The van der Waals surface area contributed by atoms with E-state index in [2.05, 4.69) is 15.9 Å². The van der Waals surface area contributed by atoms with E-state index >= 15 is 0 Å². The summed E-state index contributed by atoms with van der Waals surface area (Å²) in [4.78, 5) is 13.8. The molecule has 1 aliphatic rings. The molecule has 2 nitrogen and oxygen atoms in total. The highest BCUT2D eigenvalue weighted by atomic mass is 79.9. The molecule has 0 atom stereocenters. The van der Waals surface area contributed by atoms with Gasteiger partial charge in [-0.15, -0.1) is 0 Å². The zero-order chi connectivity index (χ0) is 13.4. The Morgan fingerprint density at radius 3 is 2.74 bits per heavy atom. The molecule has 4 heteroatoms. The molecule has 3 rings (SSSR count). The number of hydrogen-bond acceptors (Lipinski definition) is 3. The smallest absolute Gasteiger partial charge is 0.200 e. The van der Waals surface area contributed by atoms with E-state index in [0.29, 0.717) is 10.5 Å². The van der Waals surface area contributed by atoms with Crippen LogP contribution in [-0.2, 0) is 0 Å². The third kappa shape index (κ3) is 2.33. The maximum atomic E-state index is 12.2. The standard InChI is InChI=1S/C15H9BrO2S/c16-10-5-6-12(17)9(7-10)8-14-15(18)11-3-1-2-4-13(11)19-14/h1-8,17H/b14-8+. The largest absolute Gasteiger partial charge is 0.507 e. The fraction of sp³-hybridized carbons (Fsp3) is 0. The minimum Gasteiger partial charge on any atom is -0.507 e. The maximum Gasteiger partial charge on any atom is 0.200 e. The number of Topliss-reactive ketones (excluding diaryl/α,β-unsaturated/α-hetero) is 1. The van der Waals surface area contributed by atoms with Crippen LogP contribution >= 0.6 is 27.7 Å². The summed E-state index contributed by atoms with van der Waals surface area (Å²) in [7, 11) is 0. The molecule has 0 aromatic heterocycles. The summed E-state index contributed by atoms with van der Waals surface area (Å²) in [5.74, 6) is 0.181. The van der Waals surface area contributed by atoms with Gasteiger partial charge in [0, 0.05) is 20.5 Å². The van der Waals surface area contributed by atoms with E-state index in [0.717, 1.165) is 14.9 Å². The monoisotopic (exact) mass is 332 g/mol. The number of ketones is 1. The van der Waals surface area contributed by atoms with Gasteiger partial charge >= 0.3 is 0 Å². The Kier molecular flexibility index (Phi) is 3.21. The summed E-state index contributed by atoms with van der Waals surface area (Å²) in [5.41, 5.74) is 1.37. The van der Waals surface area contributed by atoms with Crippen LogP contribution in [0.3, 0.4) is 0 Å². The number of halogens is 1. The minimum absolute atomic E-state index is 0.0139. The van der Waals surface area contributed by atoms with Gasteiger partial charge in [-0.3, -0.25) is 4.79 Å². The molecule has 0 bridgehead atoms. The fourth-order valence-electron chi connectivity index (χ4n) is 1.92. The van der Waals surface area contributed by atoms with Crippen molar-refractivity contribution in [1.82, 2.24) is 0 Å². The third-order valence-corrected chi connectivity index (χ3v) is 4.44. The normalized spacial score (nSPS) is 15.8. The Labute approximate surface area is 123 Å². The van der Waals surface area contributed by atoms with Crippen LogP contribution in [0, 0.1) is 0 Å². The molecule has 0 spiro atoms. The van der Waals surface area contributed by atoms with E-state index in [1.165, 1.54) is 11.8 Å². The van der Waals surface area contributed by atoms with Gasteiger partial charge in [0.1, 0.15) is 5.75 Å². The van der Waals surface area contributed by atoms with Crippen LogP contribution in [0.25, 0.3) is 6.08 Å². The fourth-order valence-corrected chi connectivity index (χ4v) is 3.34. The number of benzene rings is 2. The van der Waals surface area contributed by atoms with E-state index in [4.69, 9.17) is 0 Å². The molecule has 19 heavy (non-hydrogen) atoms. The van der Waals surface area contributed by atoms with Gasteiger partial charge in [0.2, 0.25) is 5.78 Å². The van der Waals surface area contributed by atoms with E-state index in [1.54, 1.807) is 24.3 Å². The number of hydrogen-bond donors (Lipinski definition) is 1. The predicted molar refractivity (Wildman–Crippen MR) is 80.4 cm³/mol. The molecule has 0 radical (unpaired) electrons. The van der Waals surface area contributed by atoms with Crippen molar-refractivity contribution in [2.45, 2.75) is 4.90 Å². The molecule has 2 aromatic rings. The van der Waals surface area contributed by atoms with E-state index in [1.807, 2.05) is 24.3 Å². The third-order valence-electron chi connectivity index (χ3n) is 2.85. The van der Waals surface area contributed by atoms with Gasteiger partial charge < -0.3 is 5.11 Å². The van der Waals surface area contributed by atoms with E-state index < -0.39 is 0 Å². The first-order chi connectivity index (χ1) is 9.15. The lowest BCUT2D eigenvalue weighted by Gasteiger charge is -2.01. The molecule has 94 valence electrons. The van der Waals surface area contributed by atoms with Gasteiger partial charge in [0.15, 0.2) is 0 Å². The summed E-state index contributed by atoms with van der Waals surface area (Å²) >= 11 is 4.80. The van der Waals surface area contributed by atoms with Crippen molar-refractivity contribution in [1.29, 1.82) is 0 Å². The molecule has 0 saturated heterocycles. The Balaban J connectivity index is 2.03. The number of thioether (sulfide) groups is 1. The second-order valence-electron chi connectivity index (χ2n) is 4.14. The first kappa shape index (κ1) is 12.5. The molecular formula is C15H9BrO2S. The lowest BCUT2D eigenvalue weighted by molar-refractivity contribution is 0.104. The SMILES string of the molecule is O=C1/C(=C\c2cc(Br)ccc2O)Sc2ccccc21. The molecule has 2 aromatic carbocycles. The van der Waals surface area contributed by atoms with Crippen LogP contribution in [0.4, 0.5) is 0 Å². The molecule has 1 N–H and O–H groups in total. The van der Waals surface area contributed by atoms with Gasteiger partial charge in [-0.1, -0.05) is 39.8 Å². The molecule has 1 heterocycles. The Hall–Kier alpha value is -1.52. The first-order valence-electron chi connectivity index (χ1n) is 5.67. The van der Waals surface area contributed by atoms with Crippen molar-refractivity contribution in [3.63, 3.8) is 0 Å². The van der Waals surface area contributed by atoms with Crippen LogP contribution in [0.15, 0.2) is 56.7 Å². The molecule has 0 saturated carbocycles. The number of fused-ring (bicyclic) bond motifs is 1. The van der Waals surface area contributed by atoms with Crippen LogP contribution in [0.2, 0.25) is 0 Å². The molecular weight excluding hydrogens is 324 g/mol. The highest BCUT2D eigenvalue weighted by Crippen LogP contribution is 2.41. The van der Waals surface area contributed by atoms with Crippen molar-refractivity contribution in [2.75, 3.05) is 0 Å². The predicted octanol–water partition coefficient (Wildman–Crippen LogP) is 4.48. The van der Waals surface area contributed by atoms with E-state index in [-0.39, 0.29) is 11.5 Å². The number of rotatable bonds is 1. The lowest BCUT2D eigenvalue weighted by Crippen LogP contribution is -1.93. The zero-order valence-corrected chi connectivity index (χ0v) is 12.2. The van der Waals surface area contributed by atoms with Crippen molar-refractivity contribution >= 4 is 39.6 Å². The number of allylic oxidation sites excluding steroid dienone is 1. The summed E-state index contributed by atoms with van der Waals surface area (Å²) < 4.78 is 0.866. The van der Waals surface area contributed by atoms with Crippen molar-refractivity contribution in [2.24, 2.45) is 0 Å². The second kappa shape index (κ2) is 4.87. The average molecular weight is 333 g/mol. The second-order valence-corrected chi connectivity index (χ2v) is 6.14. The number of phenolic OH excluding ortho intramolecular Hbond substituents is 1. The molecule has 0 amide bonds. The highest BCUT2D eigenvalue weighted by molar-refractivity contribution is 9.10. The van der Waals surface area contributed by atoms with Crippen molar-refractivity contribution < 1.29 is 9.90 Å². The molecule has 0 unspecified atom stereocenters. The van der Waals surface area contributed by atoms with Crippen LogP contribution < -0.4 is 0 Å². The molecule has 0 fully saturated rings. The topological polar surface area (TPSA) is 37.3 Å². The Bertz CT molecular complexity index is 707. The summed E-state index contributed by atoms with van der Waals surface area (Å²) in [6.45, 7) is 0. The quantitative estimate of drug-likeness (QED) is 0.782. The van der Waals surface area contributed by atoms with E-state index in [9.17, 15) is 9.90 Å². The van der Waals surface area contributed by atoms with Crippen molar-refractivity contribution in [3.05, 3.63) is 63.0 Å². The minimum atomic E-state index is 0.0139. The van der Waals surface area contributed by atoms with Gasteiger partial charge in [0.25, 0.3) is 0 Å². The first-order valence-corrected chi connectivity index (χ1v) is 7.28. The highest BCUT2D eigenvalue weighted by Gasteiger charge is 2.25. The Morgan fingerprint density at radius 2 is 1.95 bits per heavy atom. The van der Waals surface area contributed by atoms with Crippen LogP contribution in [0.5, 0.6) is 5.75 Å². The summed E-state index contributed by atoms with van der Waals surface area (Å²) in [5, 5.41) is 9.81. The molecule has 1 aliphatic heterocycles. The van der Waals surface area contributed by atoms with Crippen LogP contribution in [-0.4, -0.2) is 10.9 Å². The van der Waals surface area contributed by atoms with Crippen molar-refractivity contribution in [3.8, 4) is 5.75 Å². The lowest BCUT2D eigenvalue weighted by atomic mass is 10.1.